The maximum absolute atomic E-state index is 11.3. The zero-order chi connectivity index (χ0) is 16.8. The van der Waals surface area contributed by atoms with E-state index in [1.54, 1.807) is 7.05 Å². The number of benzene rings is 2. The van der Waals surface area contributed by atoms with Crippen LogP contribution >= 0.6 is 11.8 Å². The van der Waals surface area contributed by atoms with Crippen molar-refractivity contribution in [3.63, 3.8) is 0 Å². The number of thioether (sulfide) groups is 1. The molecule has 24 heavy (non-hydrogen) atoms. The number of nitrogens with one attached hydrogen (secondary N) is 1. The SMILES string of the molecule is CNC(=O)CCSc1nc(-c2ccccc2)c(-c2ccccc2)o1. The van der Waals surface area contributed by atoms with Gasteiger partial charge in [-0.1, -0.05) is 72.4 Å². The van der Waals surface area contributed by atoms with Crippen LogP contribution in [0.5, 0.6) is 0 Å². The molecule has 0 aliphatic carbocycles. The number of rotatable bonds is 6. The first-order valence-electron chi connectivity index (χ1n) is 7.73. The Morgan fingerprint density at radius 3 is 2.29 bits per heavy atom. The van der Waals surface area contributed by atoms with Crippen molar-refractivity contribution < 1.29 is 9.21 Å². The van der Waals surface area contributed by atoms with Gasteiger partial charge in [0.15, 0.2) is 5.76 Å². The maximum Gasteiger partial charge on any atom is 0.256 e. The van der Waals surface area contributed by atoms with Crippen molar-refractivity contribution in [2.45, 2.75) is 11.6 Å². The molecule has 1 heterocycles. The monoisotopic (exact) mass is 338 g/mol. The van der Waals surface area contributed by atoms with Crippen LogP contribution in [0.1, 0.15) is 6.42 Å². The van der Waals surface area contributed by atoms with Gasteiger partial charge in [-0.3, -0.25) is 4.79 Å². The Hall–Kier alpha value is -2.53. The average molecular weight is 338 g/mol. The van der Waals surface area contributed by atoms with Crippen molar-refractivity contribution in [2.24, 2.45) is 0 Å². The number of oxazole rings is 1. The van der Waals surface area contributed by atoms with Crippen LogP contribution in [-0.4, -0.2) is 23.7 Å². The van der Waals surface area contributed by atoms with E-state index in [0.717, 1.165) is 22.6 Å². The van der Waals surface area contributed by atoms with Gasteiger partial charge in [-0.05, 0) is 0 Å². The minimum absolute atomic E-state index is 0.0145. The number of hydrogen-bond acceptors (Lipinski definition) is 4. The van der Waals surface area contributed by atoms with E-state index in [-0.39, 0.29) is 5.91 Å². The van der Waals surface area contributed by atoms with E-state index >= 15 is 0 Å². The molecule has 1 aromatic heterocycles. The Morgan fingerprint density at radius 2 is 1.67 bits per heavy atom. The summed E-state index contributed by atoms with van der Waals surface area (Å²) in [7, 11) is 1.64. The summed E-state index contributed by atoms with van der Waals surface area (Å²) < 4.78 is 5.99. The molecule has 2 aromatic carbocycles. The topological polar surface area (TPSA) is 55.1 Å². The van der Waals surface area contributed by atoms with E-state index in [9.17, 15) is 4.79 Å². The van der Waals surface area contributed by atoms with Gasteiger partial charge in [0.2, 0.25) is 5.91 Å². The lowest BCUT2D eigenvalue weighted by Gasteiger charge is -2.00. The van der Waals surface area contributed by atoms with E-state index in [1.807, 2.05) is 60.7 Å². The normalized spacial score (nSPS) is 10.5. The number of carbonyl (C=O) groups excluding carboxylic acids is 1. The molecular formula is C19H18N2O2S. The molecule has 0 aliphatic heterocycles. The fraction of sp³-hybridized carbons (Fsp3) is 0.158. The summed E-state index contributed by atoms with van der Waals surface area (Å²) in [5.74, 6) is 1.40. The summed E-state index contributed by atoms with van der Waals surface area (Å²) in [5, 5.41) is 3.20. The number of nitrogens with zero attached hydrogens (tertiary/aromatic N) is 1. The van der Waals surface area contributed by atoms with Crippen molar-refractivity contribution >= 4 is 17.7 Å². The second kappa shape index (κ2) is 7.84. The highest BCUT2D eigenvalue weighted by atomic mass is 32.2. The van der Waals surface area contributed by atoms with Gasteiger partial charge in [0.25, 0.3) is 5.22 Å². The molecule has 3 rings (SSSR count). The average Bonchev–Trinajstić information content (AvgIpc) is 3.07. The predicted octanol–water partition coefficient (Wildman–Crippen LogP) is 4.24. The van der Waals surface area contributed by atoms with Crippen molar-refractivity contribution in [1.29, 1.82) is 0 Å². The maximum atomic E-state index is 11.3. The molecule has 1 amide bonds. The molecule has 5 heteroatoms. The van der Waals surface area contributed by atoms with E-state index < -0.39 is 0 Å². The van der Waals surface area contributed by atoms with Crippen LogP contribution in [0, 0.1) is 0 Å². The highest BCUT2D eigenvalue weighted by Crippen LogP contribution is 2.35. The molecular weight excluding hydrogens is 320 g/mol. The van der Waals surface area contributed by atoms with Crippen molar-refractivity contribution in [3.05, 3.63) is 60.7 Å². The van der Waals surface area contributed by atoms with Crippen LogP contribution in [-0.2, 0) is 4.79 Å². The highest BCUT2D eigenvalue weighted by molar-refractivity contribution is 7.99. The van der Waals surface area contributed by atoms with Crippen molar-refractivity contribution in [3.8, 4) is 22.6 Å². The molecule has 122 valence electrons. The third-order valence-electron chi connectivity index (χ3n) is 3.52. The quantitative estimate of drug-likeness (QED) is 0.683. The molecule has 4 nitrogen and oxygen atoms in total. The number of hydrogen-bond donors (Lipinski definition) is 1. The molecule has 0 aliphatic rings. The van der Waals surface area contributed by atoms with E-state index in [2.05, 4.69) is 10.3 Å². The van der Waals surface area contributed by atoms with Gasteiger partial charge in [0, 0.05) is 30.3 Å². The van der Waals surface area contributed by atoms with Crippen LogP contribution in [0.25, 0.3) is 22.6 Å². The lowest BCUT2D eigenvalue weighted by atomic mass is 10.1. The van der Waals surface area contributed by atoms with Gasteiger partial charge in [-0.2, -0.15) is 0 Å². The van der Waals surface area contributed by atoms with Crippen LogP contribution < -0.4 is 5.32 Å². The van der Waals surface area contributed by atoms with Gasteiger partial charge >= 0.3 is 0 Å². The molecule has 3 aromatic rings. The molecule has 0 bridgehead atoms. The smallest absolute Gasteiger partial charge is 0.256 e. The fourth-order valence-electron chi connectivity index (χ4n) is 2.30. The summed E-state index contributed by atoms with van der Waals surface area (Å²) in [6, 6.07) is 19.9. The summed E-state index contributed by atoms with van der Waals surface area (Å²) in [6.45, 7) is 0. The number of amides is 1. The van der Waals surface area contributed by atoms with Crippen LogP contribution in [0.4, 0.5) is 0 Å². The molecule has 0 unspecified atom stereocenters. The Kier molecular flexibility index (Phi) is 5.33. The summed E-state index contributed by atoms with van der Waals surface area (Å²) in [6.07, 6.45) is 0.435. The molecule has 1 N–H and O–H groups in total. The molecule has 0 saturated heterocycles. The van der Waals surface area contributed by atoms with Crippen molar-refractivity contribution in [2.75, 3.05) is 12.8 Å². The van der Waals surface area contributed by atoms with E-state index in [4.69, 9.17) is 4.42 Å². The predicted molar refractivity (Wildman–Crippen MR) is 96.8 cm³/mol. The van der Waals surface area contributed by atoms with Gasteiger partial charge < -0.3 is 9.73 Å². The summed E-state index contributed by atoms with van der Waals surface area (Å²) >= 11 is 1.45. The van der Waals surface area contributed by atoms with Crippen LogP contribution in [0.15, 0.2) is 70.3 Å². The second-order valence-corrected chi connectivity index (χ2v) is 6.21. The molecule has 0 spiro atoms. The Labute approximate surface area is 145 Å². The van der Waals surface area contributed by atoms with Gasteiger partial charge in [-0.25, -0.2) is 4.98 Å². The first-order valence-corrected chi connectivity index (χ1v) is 8.71. The van der Waals surface area contributed by atoms with Gasteiger partial charge in [0.05, 0.1) is 0 Å². The lowest BCUT2D eigenvalue weighted by molar-refractivity contribution is -0.120. The first-order chi connectivity index (χ1) is 11.8. The Morgan fingerprint density at radius 1 is 1.04 bits per heavy atom. The first kappa shape index (κ1) is 16.3. The third-order valence-corrected chi connectivity index (χ3v) is 4.35. The minimum Gasteiger partial charge on any atom is -0.431 e. The largest absolute Gasteiger partial charge is 0.431 e. The van der Waals surface area contributed by atoms with Crippen LogP contribution in [0.3, 0.4) is 0 Å². The van der Waals surface area contributed by atoms with Gasteiger partial charge in [0.1, 0.15) is 5.69 Å². The summed E-state index contributed by atoms with van der Waals surface area (Å²) in [5.41, 5.74) is 2.82. The number of carbonyl (C=O) groups is 1. The molecule has 0 saturated carbocycles. The van der Waals surface area contributed by atoms with Crippen LogP contribution in [0.2, 0.25) is 0 Å². The van der Waals surface area contributed by atoms with E-state index in [1.165, 1.54) is 11.8 Å². The lowest BCUT2D eigenvalue weighted by Crippen LogP contribution is -2.17. The minimum atomic E-state index is 0.0145. The second-order valence-electron chi connectivity index (χ2n) is 5.16. The Bertz CT molecular complexity index is 744. The van der Waals surface area contributed by atoms with Gasteiger partial charge in [-0.15, -0.1) is 0 Å². The molecule has 0 radical (unpaired) electrons. The Balaban J connectivity index is 1.90. The van der Waals surface area contributed by atoms with Crippen molar-refractivity contribution in [1.82, 2.24) is 10.3 Å². The molecule has 0 fully saturated rings. The zero-order valence-corrected chi connectivity index (χ0v) is 14.2. The third kappa shape index (κ3) is 3.86. The standard InChI is InChI=1S/C19H18N2O2S/c1-20-16(22)12-13-24-19-21-17(14-8-4-2-5-9-14)18(23-19)15-10-6-3-7-11-15/h2-11H,12-13H2,1H3,(H,20,22). The number of aromatic nitrogens is 1. The molecule has 0 atom stereocenters. The fourth-order valence-corrected chi connectivity index (χ4v) is 3.06. The van der Waals surface area contributed by atoms with E-state index in [0.29, 0.717) is 17.4 Å². The zero-order valence-electron chi connectivity index (χ0n) is 13.4. The summed E-state index contributed by atoms with van der Waals surface area (Å²) in [4.78, 5) is 16.0. The highest BCUT2D eigenvalue weighted by Gasteiger charge is 2.17.